The molecule has 0 bridgehead atoms. The largest absolute Gasteiger partial charge is 0.486 e. The predicted molar refractivity (Wildman–Crippen MR) is 109 cm³/mol. The van der Waals surface area contributed by atoms with Gasteiger partial charge in [0.25, 0.3) is 0 Å². The van der Waals surface area contributed by atoms with Crippen molar-refractivity contribution in [3.63, 3.8) is 0 Å². The van der Waals surface area contributed by atoms with E-state index in [-0.39, 0.29) is 29.6 Å². The summed E-state index contributed by atoms with van der Waals surface area (Å²) >= 11 is 0. The molecule has 1 saturated heterocycles. The average Bonchev–Trinajstić information content (AvgIpc) is 2.64. The Morgan fingerprint density at radius 2 is 1.89 bits per heavy atom. The fourth-order valence-electron chi connectivity index (χ4n) is 3.05. The van der Waals surface area contributed by atoms with Gasteiger partial charge in [0.1, 0.15) is 6.10 Å². The molecular weight excluding hydrogens is 361 g/mol. The first-order valence-electron chi connectivity index (χ1n) is 9.77. The van der Waals surface area contributed by atoms with E-state index in [9.17, 15) is 9.18 Å². The van der Waals surface area contributed by atoms with Gasteiger partial charge in [-0.2, -0.15) is 0 Å². The van der Waals surface area contributed by atoms with Crippen LogP contribution in [0.15, 0.2) is 29.3 Å². The van der Waals surface area contributed by atoms with E-state index in [2.05, 4.69) is 25.4 Å². The average molecular weight is 394 g/mol. The summed E-state index contributed by atoms with van der Waals surface area (Å²) < 4.78 is 19.3. The van der Waals surface area contributed by atoms with Crippen molar-refractivity contribution < 1.29 is 13.9 Å². The van der Waals surface area contributed by atoms with Crippen molar-refractivity contribution in [3.05, 3.63) is 30.1 Å². The van der Waals surface area contributed by atoms with Crippen LogP contribution in [0.2, 0.25) is 0 Å². The molecule has 1 aromatic rings. The molecule has 1 amide bonds. The van der Waals surface area contributed by atoms with Gasteiger partial charge in [-0.15, -0.1) is 0 Å². The smallest absolute Gasteiger partial charge is 0.234 e. The summed E-state index contributed by atoms with van der Waals surface area (Å²) in [5, 5.41) is 6.21. The fourth-order valence-corrected chi connectivity index (χ4v) is 3.05. The standard InChI is InChI=1S/C20H32FN5O2/c1-15(2)24-19(27)14-25-9-11-26(12-10-25)20(22-4)23-13-16(3)28-18-8-6-5-7-17(18)21/h5-8,15-16H,9-14H2,1-4H3,(H,22,23)(H,24,27). The van der Waals surface area contributed by atoms with Gasteiger partial charge in [-0.25, -0.2) is 4.39 Å². The van der Waals surface area contributed by atoms with Crippen LogP contribution in [0.3, 0.4) is 0 Å². The van der Waals surface area contributed by atoms with Crippen molar-refractivity contribution in [1.82, 2.24) is 20.4 Å². The highest BCUT2D eigenvalue weighted by atomic mass is 19.1. The zero-order chi connectivity index (χ0) is 20.5. The Morgan fingerprint density at radius 3 is 2.50 bits per heavy atom. The zero-order valence-electron chi connectivity index (χ0n) is 17.2. The number of carbonyl (C=O) groups is 1. The highest BCUT2D eigenvalue weighted by Crippen LogP contribution is 2.16. The third-order valence-electron chi connectivity index (χ3n) is 4.41. The van der Waals surface area contributed by atoms with E-state index >= 15 is 0 Å². The number of carbonyl (C=O) groups excluding carboxylic acids is 1. The minimum absolute atomic E-state index is 0.0603. The van der Waals surface area contributed by atoms with Gasteiger partial charge in [0.15, 0.2) is 17.5 Å². The van der Waals surface area contributed by atoms with Gasteiger partial charge in [-0.3, -0.25) is 14.7 Å². The van der Waals surface area contributed by atoms with E-state index in [1.807, 2.05) is 20.8 Å². The highest BCUT2D eigenvalue weighted by molar-refractivity contribution is 5.80. The van der Waals surface area contributed by atoms with Gasteiger partial charge in [0, 0.05) is 39.3 Å². The quantitative estimate of drug-likeness (QED) is 0.540. The number of hydrogen-bond donors (Lipinski definition) is 2. The molecule has 0 saturated carbocycles. The minimum atomic E-state index is -0.364. The van der Waals surface area contributed by atoms with Crippen LogP contribution >= 0.6 is 0 Å². The van der Waals surface area contributed by atoms with Crippen molar-refractivity contribution in [2.24, 2.45) is 4.99 Å². The molecule has 7 nitrogen and oxygen atoms in total. The number of benzene rings is 1. The van der Waals surface area contributed by atoms with Crippen molar-refractivity contribution in [3.8, 4) is 5.75 Å². The lowest BCUT2D eigenvalue weighted by Gasteiger charge is -2.36. The Hall–Kier alpha value is -2.35. The number of halogens is 1. The van der Waals surface area contributed by atoms with Crippen LogP contribution in [0.25, 0.3) is 0 Å². The number of amides is 1. The molecule has 8 heteroatoms. The van der Waals surface area contributed by atoms with E-state index in [0.29, 0.717) is 13.1 Å². The maximum atomic E-state index is 13.7. The van der Waals surface area contributed by atoms with Gasteiger partial charge in [-0.05, 0) is 32.9 Å². The number of ether oxygens (including phenoxy) is 1. The molecule has 156 valence electrons. The van der Waals surface area contributed by atoms with E-state index < -0.39 is 0 Å². The number of hydrogen-bond acceptors (Lipinski definition) is 4. The second-order valence-electron chi connectivity index (χ2n) is 7.27. The number of aliphatic imine (C=N–C) groups is 1. The summed E-state index contributed by atoms with van der Waals surface area (Å²) in [6.45, 7) is 9.92. The van der Waals surface area contributed by atoms with Crippen molar-refractivity contribution in [1.29, 1.82) is 0 Å². The van der Waals surface area contributed by atoms with Crippen LogP contribution < -0.4 is 15.4 Å². The second kappa shape index (κ2) is 10.8. The van der Waals surface area contributed by atoms with E-state index in [1.165, 1.54) is 6.07 Å². The lowest BCUT2D eigenvalue weighted by Crippen LogP contribution is -2.55. The first kappa shape index (κ1) is 21.9. The predicted octanol–water partition coefficient (Wildman–Crippen LogP) is 1.31. The summed E-state index contributed by atoms with van der Waals surface area (Å²) in [5.74, 6) is 0.733. The molecule has 0 aromatic heterocycles. The van der Waals surface area contributed by atoms with Gasteiger partial charge in [0.05, 0.1) is 13.1 Å². The molecule has 2 N–H and O–H groups in total. The topological polar surface area (TPSA) is 69.2 Å². The molecule has 1 atom stereocenters. The first-order valence-corrected chi connectivity index (χ1v) is 9.77. The third-order valence-corrected chi connectivity index (χ3v) is 4.41. The lowest BCUT2D eigenvalue weighted by atomic mass is 10.3. The van der Waals surface area contributed by atoms with Crippen LogP contribution in [0.1, 0.15) is 20.8 Å². The molecule has 1 heterocycles. The van der Waals surface area contributed by atoms with Crippen LogP contribution in [-0.2, 0) is 4.79 Å². The van der Waals surface area contributed by atoms with Gasteiger partial charge >= 0.3 is 0 Å². The SMILES string of the molecule is CN=C(NCC(C)Oc1ccccc1F)N1CCN(CC(=O)NC(C)C)CC1. The first-order chi connectivity index (χ1) is 13.4. The second-order valence-corrected chi connectivity index (χ2v) is 7.27. The van der Waals surface area contributed by atoms with Crippen LogP contribution in [0.4, 0.5) is 4.39 Å². The molecule has 1 fully saturated rings. The van der Waals surface area contributed by atoms with Crippen LogP contribution in [-0.4, -0.2) is 80.1 Å². The Bertz CT molecular complexity index is 660. The maximum absolute atomic E-state index is 13.7. The van der Waals surface area contributed by atoms with Gasteiger partial charge in [-0.1, -0.05) is 12.1 Å². The molecular formula is C20H32FN5O2. The number of piperazine rings is 1. The van der Waals surface area contributed by atoms with Crippen LogP contribution in [0, 0.1) is 5.82 Å². The Balaban J connectivity index is 1.75. The summed E-state index contributed by atoms with van der Waals surface area (Å²) in [7, 11) is 1.74. The Labute approximate surface area is 166 Å². The summed E-state index contributed by atoms with van der Waals surface area (Å²) in [4.78, 5) is 20.5. The summed E-state index contributed by atoms with van der Waals surface area (Å²) in [6, 6.07) is 6.55. The van der Waals surface area contributed by atoms with Gasteiger partial charge in [0.2, 0.25) is 5.91 Å². The number of nitrogens with one attached hydrogen (secondary N) is 2. The van der Waals surface area contributed by atoms with E-state index in [0.717, 1.165) is 32.1 Å². The summed E-state index contributed by atoms with van der Waals surface area (Å²) in [6.07, 6.45) is -0.213. The number of nitrogens with zero attached hydrogens (tertiary/aromatic N) is 3. The van der Waals surface area contributed by atoms with Crippen LogP contribution in [0.5, 0.6) is 5.75 Å². The molecule has 1 aliphatic heterocycles. The van der Waals surface area contributed by atoms with Crippen molar-refractivity contribution >= 4 is 11.9 Å². The van der Waals surface area contributed by atoms with E-state index in [1.54, 1.807) is 25.2 Å². The molecule has 1 unspecified atom stereocenters. The highest BCUT2D eigenvalue weighted by Gasteiger charge is 2.21. The molecule has 28 heavy (non-hydrogen) atoms. The zero-order valence-corrected chi connectivity index (χ0v) is 17.2. The Morgan fingerprint density at radius 1 is 1.21 bits per heavy atom. The number of para-hydroxylation sites is 1. The molecule has 1 aliphatic rings. The van der Waals surface area contributed by atoms with Crippen molar-refractivity contribution in [2.75, 3.05) is 46.3 Å². The van der Waals surface area contributed by atoms with Gasteiger partial charge < -0.3 is 20.3 Å². The van der Waals surface area contributed by atoms with Crippen molar-refractivity contribution in [2.45, 2.75) is 32.9 Å². The molecule has 0 spiro atoms. The lowest BCUT2D eigenvalue weighted by molar-refractivity contribution is -0.123. The monoisotopic (exact) mass is 393 g/mol. The molecule has 0 aliphatic carbocycles. The van der Waals surface area contributed by atoms with E-state index in [4.69, 9.17) is 4.74 Å². The Kier molecular flexibility index (Phi) is 8.50. The number of rotatable bonds is 7. The fraction of sp³-hybridized carbons (Fsp3) is 0.600. The normalized spacial score (nSPS) is 16.8. The molecule has 2 rings (SSSR count). The summed E-state index contributed by atoms with van der Waals surface area (Å²) in [5.41, 5.74) is 0. The molecule has 1 aromatic carbocycles. The minimum Gasteiger partial charge on any atom is -0.486 e. The molecule has 0 radical (unpaired) electrons. The number of guanidine groups is 1. The maximum Gasteiger partial charge on any atom is 0.234 e. The third kappa shape index (κ3) is 6.99.